The van der Waals surface area contributed by atoms with Gasteiger partial charge in [-0.25, -0.2) is 0 Å². The van der Waals surface area contributed by atoms with Crippen molar-refractivity contribution in [3.8, 4) is 11.1 Å². The van der Waals surface area contributed by atoms with E-state index in [0.29, 0.717) is 0 Å². The first-order chi connectivity index (χ1) is 12.0. The van der Waals surface area contributed by atoms with Crippen LogP contribution in [0.4, 0.5) is 5.69 Å². The molecule has 0 fully saturated rings. The third-order valence-corrected chi connectivity index (χ3v) is 4.37. The van der Waals surface area contributed by atoms with Crippen LogP contribution in [-0.2, 0) is 4.79 Å². The Balaban J connectivity index is 1.98. The minimum atomic E-state index is -0.285. The second kappa shape index (κ2) is 6.93. The molecule has 0 aliphatic heterocycles. The monoisotopic (exact) mass is 333 g/mol. The molecular formula is C21H23N3O. The minimum absolute atomic E-state index is 0.0433. The van der Waals surface area contributed by atoms with E-state index in [9.17, 15) is 4.79 Å². The van der Waals surface area contributed by atoms with Gasteiger partial charge in [-0.3, -0.25) is 9.78 Å². The Kier molecular flexibility index (Phi) is 4.70. The van der Waals surface area contributed by atoms with E-state index in [1.54, 1.807) is 19.0 Å². The van der Waals surface area contributed by atoms with Crippen LogP contribution < -0.4 is 5.32 Å². The molecule has 128 valence electrons. The predicted octanol–water partition coefficient (Wildman–Crippen LogP) is 4.10. The predicted molar refractivity (Wildman–Crippen MR) is 104 cm³/mol. The van der Waals surface area contributed by atoms with Gasteiger partial charge in [0, 0.05) is 31.4 Å². The van der Waals surface area contributed by atoms with E-state index in [0.717, 1.165) is 16.6 Å². The summed E-state index contributed by atoms with van der Waals surface area (Å²) in [4.78, 5) is 18.1. The molecular weight excluding hydrogens is 310 g/mol. The summed E-state index contributed by atoms with van der Waals surface area (Å²) in [6, 6.07) is 16.2. The van der Waals surface area contributed by atoms with E-state index >= 15 is 0 Å². The maximum Gasteiger partial charge on any atom is 0.244 e. The van der Waals surface area contributed by atoms with E-state index in [2.05, 4.69) is 47.6 Å². The molecule has 3 aromatic rings. The molecule has 1 aromatic heterocycles. The zero-order valence-electron chi connectivity index (χ0n) is 15.1. The SMILES string of the molecule is Cc1ccccc1-c1ccnc2cc(NC(C)C(=O)N(C)C)ccc12. The second-order valence-corrected chi connectivity index (χ2v) is 6.50. The third-order valence-electron chi connectivity index (χ3n) is 4.37. The first-order valence-corrected chi connectivity index (χ1v) is 8.40. The molecule has 1 atom stereocenters. The second-order valence-electron chi connectivity index (χ2n) is 6.50. The number of aryl methyl sites for hydroxylation is 1. The topological polar surface area (TPSA) is 45.2 Å². The van der Waals surface area contributed by atoms with Crippen molar-refractivity contribution in [1.82, 2.24) is 9.88 Å². The molecule has 3 rings (SSSR count). The van der Waals surface area contributed by atoms with Gasteiger partial charge in [0.05, 0.1) is 5.52 Å². The zero-order valence-corrected chi connectivity index (χ0v) is 15.1. The smallest absolute Gasteiger partial charge is 0.244 e. The number of rotatable bonds is 4. The number of hydrogen-bond donors (Lipinski definition) is 1. The molecule has 0 spiro atoms. The van der Waals surface area contributed by atoms with Crippen molar-refractivity contribution in [1.29, 1.82) is 0 Å². The minimum Gasteiger partial charge on any atom is -0.374 e. The maximum absolute atomic E-state index is 12.0. The van der Waals surface area contributed by atoms with E-state index in [-0.39, 0.29) is 11.9 Å². The number of carbonyl (C=O) groups is 1. The van der Waals surface area contributed by atoms with Crippen molar-refractivity contribution in [2.45, 2.75) is 19.9 Å². The fourth-order valence-electron chi connectivity index (χ4n) is 3.05. The lowest BCUT2D eigenvalue weighted by molar-refractivity contribution is -0.129. The van der Waals surface area contributed by atoms with Gasteiger partial charge in [-0.1, -0.05) is 30.3 Å². The number of nitrogens with one attached hydrogen (secondary N) is 1. The molecule has 0 bridgehead atoms. The number of anilines is 1. The van der Waals surface area contributed by atoms with Crippen molar-refractivity contribution >= 4 is 22.5 Å². The Labute approximate surface area is 148 Å². The van der Waals surface area contributed by atoms with Crippen molar-refractivity contribution < 1.29 is 4.79 Å². The first kappa shape index (κ1) is 17.0. The van der Waals surface area contributed by atoms with Gasteiger partial charge in [0.2, 0.25) is 5.91 Å². The van der Waals surface area contributed by atoms with Crippen molar-refractivity contribution in [2.75, 3.05) is 19.4 Å². The largest absolute Gasteiger partial charge is 0.374 e. The number of pyridine rings is 1. The zero-order chi connectivity index (χ0) is 18.0. The van der Waals surface area contributed by atoms with Crippen LogP contribution in [0.2, 0.25) is 0 Å². The summed E-state index contributed by atoms with van der Waals surface area (Å²) in [7, 11) is 3.52. The average Bonchev–Trinajstić information content (AvgIpc) is 2.60. The highest BCUT2D eigenvalue weighted by molar-refractivity contribution is 5.96. The molecule has 1 amide bonds. The molecule has 0 radical (unpaired) electrons. The molecule has 4 heteroatoms. The summed E-state index contributed by atoms with van der Waals surface area (Å²) in [6.45, 7) is 3.98. The molecule has 2 aromatic carbocycles. The molecule has 0 saturated carbocycles. The number of aromatic nitrogens is 1. The van der Waals surface area contributed by atoms with Gasteiger partial charge >= 0.3 is 0 Å². The normalized spacial score (nSPS) is 12.0. The van der Waals surface area contributed by atoms with Crippen LogP contribution in [0.15, 0.2) is 54.7 Å². The van der Waals surface area contributed by atoms with Crippen LogP contribution in [0.5, 0.6) is 0 Å². The lowest BCUT2D eigenvalue weighted by atomic mass is 9.97. The summed E-state index contributed by atoms with van der Waals surface area (Å²) in [6.07, 6.45) is 1.84. The highest BCUT2D eigenvalue weighted by Gasteiger charge is 2.15. The lowest BCUT2D eigenvalue weighted by Crippen LogP contribution is -2.36. The molecule has 1 N–H and O–H groups in total. The Morgan fingerprint density at radius 2 is 1.84 bits per heavy atom. The molecule has 0 aliphatic carbocycles. The van der Waals surface area contributed by atoms with Gasteiger partial charge in [-0.15, -0.1) is 0 Å². The number of fused-ring (bicyclic) bond motifs is 1. The van der Waals surface area contributed by atoms with E-state index in [4.69, 9.17) is 0 Å². The molecule has 25 heavy (non-hydrogen) atoms. The van der Waals surface area contributed by atoms with Crippen molar-refractivity contribution in [3.63, 3.8) is 0 Å². The van der Waals surface area contributed by atoms with Gasteiger partial charge < -0.3 is 10.2 Å². The maximum atomic E-state index is 12.0. The van der Waals surface area contributed by atoms with E-state index in [1.165, 1.54) is 16.7 Å². The number of nitrogens with zero attached hydrogens (tertiary/aromatic N) is 2. The van der Waals surface area contributed by atoms with Gasteiger partial charge in [0.1, 0.15) is 6.04 Å². The number of amides is 1. The van der Waals surface area contributed by atoms with Crippen LogP contribution in [0.1, 0.15) is 12.5 Å². The molecule has 1 unspecified atom stereocenters. The molecule has 4 nitrogen and oxygen atoms in total. The fourth-order valence-corrected chi connectivity index (χ4v) is 3.05. The van der Waals surface area contributed by atoms with Crippen LogP contribution >= 0.6 is 0 Å². The molecule has 1 heterocycles. The number of benzene rings is 2. The van der Waals surface area contributed by atoms with Crippen LogP contribution in [0, 0.1) is 6.92 Å². The van der Waals surface area contributed by atoms with Gasteiger partial charge in [0.15, 0.2) is 0 Å². The first-order valence-electron chi connectivity index (χ1n) is 8.40. The Morgan fingerprint density at radius 3 is 2.56 bits per heavy atom. The van der Waals surface area contributed by atoms with Crippen molar-refractivity contribution in [2.24, 2.45) is 0 Å². The Bertz CT molecular complexity index is 918. The molecule has 0 aliphatic rings. The van der Waals surface area contributed by atoms with Gasteiger partial charge in [0.25, 0.3) is 0 Å². The summed E-state index contributed by atoms with van der Waals surface area (Å²) >= 11 is 0. The standard InChI is InChI=1S/C21H23N3O/c1-14-7-5-6-8-17(14)18-11-12-22-20-13-16(9-10-19(18)20)23-15(2)21(25)24(3)4/h5-13,15,23H,1-4H3. The Morgan fingerprint density at radius 1 is 1.08 bits per heavy atom. The summed E-state index contributed by atoms with van der Waals surface area (Å²) < 4.78 is 0. The summed E-state index contributed by atoms with van der Waals surface area (Å²) in [5, 5.41) is 4.36. The average molecular weight is 333 g/mol. The van der Waals surface area contributed by atoms with E-state index < -0.39 is 0 Å². The number of carbonyl (C=O) groups excluding carboxylic acids is 1. The number of likely N-dealkylation sites (N-methyl/N-ethyl adjacent to an activating group) is 1. The quantitative estimate of drug-likeness (QED) is 0.782. The van der Waals surface area contributed by atoms with Crippen LogP contribution in [0.25, 0.3) is 22.0 Å². The summed E-state index contributed by atoms with van der Waals surface area (Å²) in [5.74, 6) is 0.0433. The number of hydrogen-bond acceptors (Lipinski definition) is 3. The fraction of sp³-hybridized carbons (Fsp3) is 0.238. The van der Waals surface area contributed by atoms with Gasteiger partial charge in [-0.2, -0.15) is 0 Å². The highest BCUT2D eigenvalue weighted by Crippen LogP contribution is 2.31. The van der Waals surface area contributed by atoms with Crippen molar-refractivity contribution in [3.05, 3.63) is 60.3 Å². The van der Waals surface area contributed by atoms with Gasteiger partial charge in [-0.05, 0) is 48.7 Å². The third kappa shape index (κ3) is 3.48. The van der Waals surface area contributed by atoms with Crippen LogP contribution in [0.3, 0.4) is 0 Å². The summed E-state index contributed by atoms with van der Waals surface area (Å²) in [5.41, 5.74) is 5.43. The Hall–Kier alpha value is -2.88. The molecule has 0 saturated heterocycles. The lowest BCUT2D eigenvalue weighted by Gasteiger charge is -2.19. The van der Waals surface area contributed by atoms with E-state index in [1.807, 2.05) is 31.3 Å². The highest BCUT2D eigenvalue weighted by atomic mass is 16.2. The van der Waals surface area contributed by atoms with Crippen LogP contribution in [-0.4, -0.2) is 35.9 Å².